The zero-order valence-electron chi connectivity index (χ0n) is 15.7. The van der Waals surface area contributed by atoms with Crippen LogP contribution in [-0.4, -0.2) is 23.6 Å². The Kier molecular flexibility index (Phi) is 6.71. The fourth-order valence-electron chi connectivity index (χ4n) is 2.63. The molecule has 0 aliphatic rings. The summed E-state index contributed by atoms with van der Waals surface area (Å²) in [4.78, 5) is 24.2. The van der Waals surface area contributed by atoms with Crippen LogP contribution in [0.1, 0.15) is 22.0 Å². The van der Waals surface area contributed by atoms with E-state index in [-0.39, 0.29) is 18.0 Å². The van der Waals surface area contributed by atoms with Gasteiger partial charge in [0.2, 0.25) is 0 Å². The summed E-state index contributed by atoms with van der Waals surface area (Å²) < 4.78 is 26.2. The Morgan fingerprint density at radius 2 is 1.50 bits per heavy atom. The molecule has 0 heterocycles. The van der Waals surface area contributed by atoms with Gasteiger partial charge in [-0.2, -0.15) is 0 Å². The first-order chi connectivity index (χ1) is 14.4. The molecule has 0 fully saturated rings. The van der Waals surface area contributed by atoms with E-state index in [1.165, 1.54) is 6.07 Å². The van der Waals surface area contributed by atoms with Gasteiger partial charge in [0.25, 0.3) is 5.91 Å². The number of halogens is 2. The molecule has 0 spiro atoms. The molecule has 1 unspecified atom stereocenters. The van der Waals surface area contributed by atoms with Crippen molar-refractivity contribution in [3.63, 3.8) is 0 Å². The zero-order valence-corrected chi connectivity index (χ0v) is 15.7. The van der Waals surface area contributed by atoms with Crippen molar-refractivity contribution in [3.05, 3.63) is 95.6 Å². The first kappa shape index (κ1) is 20.9. The molecule has 154 valence electrons. The van der Waals surface area contributed by atoms with E-state index >= 15 is 0 Å². The highest BCUT2D eigenvalue weighted by molar-refractivity contribution is 6.04. The number of aliphatic hydroxyl groups excluding tert-OH is 1. The number of rotatable bonds is 6. The van der Waals surface area contributed by atoms with E-state index in [0.717, 1.165) is 12.1 Å². The zero-order chi connectivity index (χ0) is 21.5. The molecule has 0 saturated carbocycles. The summed E-state index contributed by atoms with van der Waals surface area (Å²) in [6.45, 7) is -0.200. The average Bonchev–Trinajstić information content (AvgIpc) is 2.75. The maximum Gasteiger partial charge on any atom is 0.319 e. The average molecular weight is 411 g/mol. The molecule has 0 bridgehead atoms. The van der Waals surface area contributed by atoms with Crippen LogP contribution in [0.3, 0.4) is 0 Å². The van der Waals surface area contributed by atoms with Gasteiger partial charge in [0.15, 0.2) is 11.6 Å². The maximum atomic E-state index is 13.2. The van der Waals surface area contributed by atoms with Crippen molar-refractivity contribution in [2.45, 2.75) is 6.10 Å². The quantitative estimate of drug-likeness (QED) is 0.493. The Labute approximate surface area is 171 Å². The summed E-state index contributed by atoms with van der Waals surface area (Å²) in [6, 6.07) is 17.7. The fourth-order valence-corrected chi connectivity index (χ4v) is 2.63. The summed E-state index contributed by atoms with van der Waals surface area (Å²) in [5, 5.41) is 17.7. The lowest BCUT2D eigenvalue weighted by Gasteiger charge is -2.13. The first-order valence-corrected chi connectivity index (χ1v) is 9.06. The van der Waals surface area contributed by atoms with E-state index in [1.807, 2.05) is 18.2 Å². The highest BCUT2D eigenvalue weighted by Gasteiger charge is 2.13. The predicted octanol–water partition coefficient (Wildman–Crippen LogP) is 4.07. The van der Waals surface area contributed by atoms with Crippen molar-refractivity contribution in [2.75, 3.05) is 17.2 Å². The molecular formula is C22H19F2N3O3. The second-order valence-corrected chi connectivity index (χ2v) is 6.42. The van der Waals surface area contributed by atoms with Gasteiger partial charge in [-0.3, -0.25) is 4.79 Å². The normalized spacial score (nSPS) is 11.4. The van der Waals surface area contributed by atoms with Gasteiger partial charge >= 0.3 is 6.03 Å². The molecule has 0 aliphatic carbocycles. The molecule has 0 saturated heterocycles. The van der Waals surface area contributed by atoms with Crippen molar-refractivity contribution in [3.8, 4) is 0 Å². The third-order valence-electron chi connectivity index (χ3n) is 4.22. The number of carbonyl (C=O) groups excluding carboxylic acids is 2. The molecule has 3 aromatic rings. The molecule has 0 aliphatic heterocycles. The molecule has 4 N–H and O–H groups in total. The molecule has 3 aromatic carbocycles. The van der Waals surface area contributed by atoms with Crippen LogP contribution >= 0.6 is 0 Å². The Bertz CT molecular complexity index is 1030. The number of nitrogens with one attached hydrogen (secondary N) is 3. The van der Waals surface area contributed by atoms with Crippen LogP contribution in [-0.2, 0) is 0 Å². The highest BCUT2D eigenvalue weighted by Crippen LogP contribution is 2.16. The van der Waals surface area contributed by atoms with E-state index < -0.39 is 23.8 Å². The van der Waals surface area contributed by atoms with E-state index in [1.54, 1.807) is 36.4 Å². The lowest BCUT2D eigenvalue weighted by atomic mass is 10.1. The number of para-hydroxylation sites is 1. The number of urea groups is 1. The van der Waals surface area contributed by atoms with E-state index in [2.05, 4.69) is 16.0 Å². The van der Waals surface area contributed by atoms with Crippen molar-refractivity contribution >= 4 is 23.3 Å². The van der Waals surface area contributed by atoms with Crippen molar-refractivity contribution < 1.29 is 23.5 Å². The lowest BCUT2D eigenvalue weighted by molar-refractivity contribution is 0.102. The minimum absolute atomic E-state index is 0.142. The van der Waals surface area contributed by atoms with Gasteiger partial charge < -0.3 is 21.1 Å². The second-order valence-electron chi connectivity index (χ2n) is 6.42. The predicted molar refractivity (Wildman–Crippen MR) is 109 cm³/mol. The Morgan fingerprint density at radius 3 is 2.17 bits per heavy atom. The third kappa shape index (κ3) is 5.62. The number of hydrogen-bond acceptors (Lipinski definition) is 3. The molecule has 1 atom stereocenters. The number of aliphatic hydroxyl groups is 1. The Hall–Kier alpha value is -3.78. The maximum absolute atomic E-state index is 13.2. The van der Waals surface area contributed by atoms with Crippen LogP contribution in [0.4, 0.5) is 25.0 Å². The van der Waals surface area contributed by atoms with Gasteiger partial charge in [-0.05, 0) is 54.1 Å². The Morgan fingerprint density at radius 1 is 0.833 bits per heavy atom. The number of carbonyl (C=O) groups is 2. The second kappa shape index (κ2) is 9.62. The van der Waals surface area contributed by atoms with Crippen LogP contribution in [0, 0.1) is 11.6 Å². The highest BCUT2D eigenvalue weighted by atomic mass is 19.2. The minimum Gasteiger partial charge on any atom is -0.387 e. The van der Waals surface area contributed by atoms with Crippen molar-refractivity contribution in [2.24, 2.45) is 0 Å². The molecule has 0 radical (unpaired) electrons. The Balaban J connectivity index is 1.50. The topological polar surface area (TPSA) is 90.5 Å². The fraction of sp³-hybridized carbons (Fsp3) is 0.0909. The first-order valence-electron chi connectivity index (χ1n) is 9.06. The smallest absolute Gasteiger partial charge is 0.319 e. The van der Waals surface area contributed by atoms with Gasteiger partial charge in [-0.1, -0.05) is 24.3 Å². The van der Waals surface area contributed by atoms with E-state index in [9.17, 15) is 23.5 Å². The minimum atomic E-state index is -1.20. The number of hydrogen-bond donors (Lipinski definition) is 4. The van der Waals surface area contributed by atoms with Crippen LogP contribution in [0.5, 0.6) is 0 Å². The number of amides is 3. The van der Waals surface area contributed by atoms with Crippen LogP contribution < -0.4 is 16.0 Å². The van der Waals surface area contributed by atoms with Crippen molar-refractivity contribution in [1.82, 2.24) is 5.32 Å². The van der Waals surface area contributed by atoms with Gasteiger partial charge in [-0.15, -0.1) is 0 Å². The summed E-state index contributed by atoms with van der Waals surface area (Å²) >= 11 is 0. The summed E-state index contributed by atoms with van der Waals surface area (Å²) in [5.41, 5.74) is 1.66. The summed E-state index contributed by atoms with van der Waals surface area (Å²) in [5.74, 6) is -2.38. The van der Waals surface area contributed by atoms with E-state index in [4.69, 9.17) is 0 Å². The molecule has 3 rings (SSSR count). The van der Waals surface area contributed by atoms with Gasteiger partial charge in [-0.25, -0.2) is 13.6 Å². The van der Waals surface area contributed by atoms with Crippen LogP contribution in [0.2, 0.25) is 0 Å². The SMILES string of the molecule is O=C(NCC(O)c1ccc(F)c(F)c1)Nc1ccc(C(=O)Nc2ccccc2)cc1. The molecule has 8 heteroatoms. The van der Waals surface area contributed by atoms with Crippen LogP contribution in [0.25, 0.3) is 0 Å². The molecule has 6 nitrogen and oxygen atoms in total. The van der Waals surface area contributed by atoms with E-state index in [0.29, 0.717) is 16.9 Å². The number of benzene rings is 3. The molecule has 3 amide bonds. The largest absolute Gasteiger partial charge is 0.387 e. The van der Waals surface area contributed by atoms with Crippen molar-refractivity contribution in [1.29, 1.82) is 0 Å². The standard InChI is InChI=1S/C22H19F2N3O3/c23-18-11-8-15(12-19(18)24)20(28)13-25-22(30)27-17-9-6-14(7-10-17)21(29)26-16-4-2-1-3-5-16/h1-12,20,28H,13H2,(H,26,29)(H2,25,27,30). The molecular weight excluding hydrogens is 392 g/mol. The molecule has 0 aromatic heterocycles. The monoisotopic (exact) mass is 411 g/mol. The van der Waals surface area contributed by atoms with Gasteiger partial charge in [0.05, 0.1) is 6.10 Å². The summed E-state index contributed by atoms with van der Waals surface area (Å²) in [6.07, 6.45) is -1.20. The van der Waals surface area contributed by atoms with Gasteiger partial charge in [0, 0.05) is 23.5 Å². The number of anilines is 2. The summed E-state index contributed by atoms with van der Waals surface area (Å²) in [7, 11) is 0. The lowest BCUT2D eigenvalue weighted by Crippen LogP contribution is -2.32. The third-order valence-corrected chi connectivity index (χ3v) is 4.22. The van der Waals surface area contributed by atoms with Crippen LogP contribution in [0.15, 0.2) is 72.8 Å². The molecule has 30 heavy (non-hydrogen) atoms. The van der Waals surface area contributed by atoms with Gasteiger partial charge in [0.1, 0.15) is 0 Å².